The zero-order valence-corrected chi connectivity index (χ0v) is 12.4. The van der Waals surface area contributed by atoms with Crippen molar-refractivity contribution in [3.63, 3.8) is 0 Å². The summed E-state index contributed by atoms with van der Waals surface area (Å²) < 4.78 is 6.49. The molecule has 1 fully saturated rings. The lowest BCUT2D eigenvalue weighted by atomic mass is 10.2. The number of rotatable bonds is 3. The lowest BCUT2D eigenvalue weighted by molar-refractivity contribution is 0.322. The number of hydrogen-bond acceptors (Lipinski definition) is 2. The van der Waals surface area contributed by atoms with Crippen molar-refractivity contribution < 1.29 is 4.74 Å². The summed E-state index contributed by atoms with van der Waals surface area (Å²) in [5.41, 5.74) is 1.25. The molecule has 0 aliphatic carbocycles. The number of halogens is 2. The zero-order chi connectivity index (χ0) is 11.5. The number of likely N-dealkylation sites (tertiary alicyclic amines) is 1. The molecule has 0 spiro atoms. The molecule has 0 amide bonds. The molecule has 88 valence electrons. The maximum atomic E-state index is 5.38. The second kappa shape index (κ2) is 5.52. The Morgan fingerprint density at radius 3 is 2.94 bits per heavy atom. The number of methoxy groups -OCH3 is 1. The molecule has 1 heterocycles. The van der Waals surface area contributed by atoms with E-state index >= 15 is 0 Å². The van der Waals surface area contributed by atoms with Gasteiger partial charge in [-0.05, 0) is 31.2 Å². The minimum Gasteiger partial charge on any atom is -0.496 e. The van der Waals surface area contributed by atoms with Gasteiger partial charge in [0.15, 0.2) is 0 Å². The van der Waals surface area contributed by atoms with Crippen LogP contribution in [0.2, 0.25) is 0 Å². The quantitative estimate of drug-likeness (QED) is 0.776. The lowest BCUT2D eigenvalue weighted by Gasteiger charge is -2.17. The number of hydrogen-bond donors (Lipinski definition) is 0. The van der Waals surface area contributed by atoms with E-state index in [-0.39, 0.29) is 0 Å². The van der Waals surface area contributed by atoms with E-state index in [0.717, 1.165) is 29.9 Å². The maximum absolute atomic E-state index is 5.38. The molecule has 16 heavy (non-hydrogen) atoms. The van der Waals surface area contributed by atoms with E-state index in [1.165, 1.54) is 12.0 Å². The highest BCUT2D eigenvalue weighted by atomic mass is 79.9. The van der Waals surface area contributed by atoms with Gasteiger partial charge in [-0.2, -0.15) is 0 Å². The van der Waals surface area contributed by atoms with Crippen LogP contribution in [0.1, 0.15) is 12.0 Å². The lowest BCUT2D eigenvalue weighted by Crippen LogP contribution is -2.20. The third kappa shape index (κ3) is 2.99. The predicted molar refractivity (Wildman–Crippen MR) is 73.3 cm³/mol. The molecule has 1 atom stereocenters. The fourth-order valence-corrected chi connectivity index (χ4v) is 3.06. The number of benzene rings is 1. The fourth-order valence-electron chi connectivity index (χ4n) is 2.04. The summed E-state index contributed by atoms with van der Waals surface area (Å²) >= 11 is 7.16. The normalized spacial score (nSPS) is 21.3. The van der Waals surface area contributed by atoms with Crippen molar-refractivity contribution in [3.05, 3.63) is 28.2 Å². The zero-order valence-electron chi connectivity index (χ0n) is 9.25. The minimum absolute atomic E-state index is 0.644. The van der Waals surface area contributed by atoms with E-state index in [4.69, 9.17) is 4.74 Å². The maximum Gasteiger partial charge on any atom is 0.123 e. The van der Waals surface area contributed by atoms with Crippen molar-refractivity contribution in [1.82, 2.24) is 4.90 Å². The van der Waals surface area contributed by atoms with Crippen molar-refractivity contribution in [2.24, 2.45) is 0 Å². The van der Waals surface area contributed by atoms with Gasteiger partial charge in [-0.25, -0.2) is 0 Å². The van der Waals surface area contributed by atoms with Crippen LogP contribution in [0.15, 0.2) is 22.7 Å². The van der Waals surface area contributed by atoms with E-state index < -0.39 is 0 Å². The third-order valence-corrected chi connectivity index (χ3v) is 4.09. The molecule has 0 radical (unpaired) electrons. The molecular weight excluding hydrogens is 334 g/mol. The average Bonchev–Trinajstić information content (AvgIpc) is 2.64. The smallest absolute Gasteiger partial charge is 0.123 e. The van der Waals surface area contributed by atoms with Crippen LogP contribution in [-0.2, 0) is 6.54 Å². The van der Waals surface area contributed by atoms with Gasteiger partial charge in [-0.3, -0.25) is 4.90 Å². The van der Waals surface area contributed by atoms with Crippen LogP contribution in [0.5, 0.6) is 5.75 Å². The Bertz CT molecular complexity index is 370. The van der Waals surface area contributed by atoms with E-state index in [9.17, 15) is 0 Å². The second-order valence-electron chi connectivity index (χ2n) is 4.08. The van der Waals surface area contributed by atoms with E-state index in [2.05, 4.69) is 42.8 Å². The number of alkyl halides is 1. The first-order valence-electron chi connectivity index (χ1n) is 5.38. The van der Waals surface area contributed by atoms with Crippen LogP contribution >= 0.6 is 31.9 Å². The summed E-state index contributed by atoms with van der Waals surface area (Å²) in [7, 11) is 1.73. The molecule has 2 nitrogen and oxygen atoms in total. The summed E-state index contributed by atoms with van der Waals surface area (Å²) in [5, 5.41) is 0. The standard InChI is InChI=1S/C12H15Br2NO/c1-16-12-3-2-10(13)6-9(12)7-15-5-4-11(14)8-15/h2-3,6,11H,4-5,7-8H2,1H3. The Hall–Kier alpha value is -0.0600. The Balaban J connectivity index is 2.10. The van der Waals surface area contributed by atoms with Crippen LogP contribution in [0.3, 0.4) is 0 Å². The molecule has 4 heteroatoms. The van der Waals surface area contributed by atoms with Crippen molar-refractivity contribution >= 4 is 31.9 Å². The van der Waals surface area contributed by atoms with Gasteiger partial charge in [0, 0.05) is 28.0 Å². The van der Waals surface area contributed by atoms with E-state index in [1.54, 1.807) is 7.11 Å². The van der Waals surface area contributed by atoms with Crippen LogP contribution in [0.25, 0.3) is 0 Å². The SMILES string of the molecule is COc1ccc(Br)cc1CN1CCC(Br)C1. The summed E-state index contributed by atoms with van der Waals surface area (Å²) in [6.07, 6.45) is 1.23. The highest BCUT2D eigenvalue weighted by Crippen LogP contribution is 2.26. The molecule has 0 bridgehead atoms. The Morgan fingerprint density at radius 2 is 2.31 bits per heavy atom. The minimum atomic E-state index is 0.644. The molecule has 1 aliphatic heterocycles. The molecule has 1 unspecified atom stereocenters. The molecule has 2 rings (SSSR count). The topological polar surface area (TPSA) is 12.5 Å². The molecule has 1 aromatic carbocycles. The summed E-state index contributed by atoms with van der Waals surface area (Å²) in [6, 6.07) is 6.17. The first-order chi connectivity index (χ1) is 7.69. The first-order valence-corrected chi connectivity index (χ1v) is 7.09. The molecule has 1 aliphatic rings. The highest BCUT2D eigenvalue weighted by molar-refractivity contribution is 9.10. The van der Waals surface area contributed by atoms with Crippen LogP contribution in [0, 0.1) is 0 Å². The van der Waals surface area contributed by atoms with E-state index in [1.807, 2.05) is 12.1 Å². The average molecular weight is 349 g/mol. The van der Waals surface area contributed by atoms with Crippen LogP contribution in [0.4, 0.5) is 0 Å². The second-order valence-corrected chi connectivity index (χ2v) is 6.29. The van der Waals surface area contributed by atoms with Gasteiger partial charge in [0.05, 0.1) is 7.11 Å². The van der Waals surface area contributed by atoms with Gasteiger partial charge in [-0.1, -0.05) is 31.9 Å². The molecular formula is C12H15Br2NO. The van der Waals surface area contributed by atoms with Gasteiger partial charge >= 0.3 is 0 Å². The molecule has 1 aromatic rings. The van der Waals surface area contributed by atoms with Crippen molar-refractivity contribution in [2.75, 3.05) is 20.2 Å². The fraction of sp³-hybridized carbons (Fsp3) is 0.500. The van der Waals surface area contributed by atoms with Crippen molar-refractivity contribution in [3.8, 4) is 5.75 Å². The third-order valence-electron chi connectivity index (χ3n) is 2.85. The Kier molecular flexibility index (Phi) is 4.27. The van der Waals surface area contributed by atoms with Crippen LogP contribution < -0.4 is 4.74 Å². The molecule has 0 aromatic heterocycles. The monoisotopic (exact) mass is 347 g/mol. The molecule has 0 N–H and O–H groups in total. The van der Waals surface area contributed by atoms with Gasteiger partial charge in [-0.15, -0.1) is 0 Å². The summed E-state index contributed by atoms with van der Waals surface area (Å²) in [4.78, 5) is 3.09. The Labute approximate surface area is 113 Å². The number of ether oxygens (including phenoxy) is 1. The van der Waals surface area contributed by atoms with Gasteiger partial charge < -0.3 is 4.74 Å². The van der Waals surface area contributed by atoms with E-state index in [0.29, 0.717) is 4.83 Å². The van der Waals surface area contributed by atoms with Crippen LogP contribution in [-0.4, -0.2) is 29.9 Å². The van der Waals surface area contributed by atoms with Gasteiger partial charge in [0.25, 0.3) is 0 Å². The van der Waals surface area contributed by atoms with Crippen molar-refractivity contribution in [1.29, 1.82) is 0 Å². The highest BCUT2D eigenvalue weighted by Gasteiger charge is 2.20. The first kappa shape index (κ1) is 12.4. The largest absolute Gasteiger partial charge is 0.496 e. The summed E-state index contributed by atoms with van der Waals surface area (Å²) in [5.74, 6) is 0.973. The van der Waals surface area contributed by atoms with Gasteiger partial charge in [0.1, 0.15) is 5.75 Å². The Morgan fingerprint density at radius 1 is 1.50 bits per heavy atom. The van der Waals surface area contributed by atoms with Crippen molar-refractivity contribution in [2.45, 2.75) is 17.8 Å². The molecule has 1 saturated heterocycles. The number of nitrogens with zero attached hydrogens (tertiary/aromatic N) is 1. The van der Waals surface area contributed by atoms with Gasteiger partial charge in [0.2, 0.25) is 0 Å². The molecule has 0 saturated carbocycles. The summed E-state index contributed by atoms with van der Waals surface area (Å²) in [6.45, 7) is 3.24. The predicted octanol–water partition coefficient (Wildman–Crippen LogP) is 3.43.